The second-order valence-electron chi connectivity index (χ2n) is 18.9. The van der Waals surface area contributed by atoms with Gasteiger partial charge in [-0.3, -0.25) is 24.2 Å². The van der Waals surface area contributed by atoms with Crippen molar-refractivity contribution in [1.29, 1.82) is 0 Å². The van der Waals surface area contributed by atoms with Crippen molar-refractivity contribution in [3.8, 4) is 0 Å². The van der Waals surface area contributed by atoms with Gasteiger partial charge >= 0.3 is 17.9 Å². The summed E-state index contributed by atoms with van der Waals surface area (Å²) in [7, 11) is 6.86. The molecule has 331 valence electrons. The molecule has 2 aromatic rings. The zero-order chi connectivity index (χ0) is 44.1. The number of aliphatic hydroxyl groups is 2. The van der Waals surface area contributed by atoms with Crippen LogP contribution >= 0.6 is 9.12 Å². The zero-order valence-corrected chi connectivity index (χ0v) is 37.7. The van der Waals surface area contributed by atoms with Crippen molar-refractivity contribution in [3.05, 3.63) is 65.0 Å². The minimum atomic E-state index is -2.52. The van der Waals surface area contributed by atoms with Crippen LogP contribution in [0, 0.1) is 22.7 Å². The standard InChI is InChI=1S/C46H59BN4O10P/c1-7-42(56)21-27-22-45(40(54)59-5,36-29(12-16-49(23-27)24-42)30-18-28(47-62)10-11-33(30)48-36)32-19-31-34(20-35(32)58-4)51(25-52)38-44(31)14-17-50-15-9-13-43(8-2,37(44)50)39(61-26(3)53)46(38,57)41(55)60-6/h9-11,13,18-20,25,27,32,35,37-39,48,56-57H,7-8,12,14-17,21-24,62H2,1-6H3/t27-,32?,35?,37-,38+,39+,42-,43+,44+,45-,46-/m0/s1. The first-order chi connectivity index (χ1) is 29.7. The van der Waals surface area contributed by atoms with Gasteiger partial charge < -0.3 is 39.0 Å². The van der Waals surface area contributed by atoms with E-state index in [0.29, 0.717) is 88.9 Å². The summed E-state index contributed by atoms with van der Waals surface area (Å²) in [4.78, 5) is 66.6. The summed E-state index contributed by atoms with van der Waals surface area (Å²) in [5, 5.41) is 26.4. The number of likely N-dealkylation sites (tertiary alicyclic amines) is 1. The van der Waals surface area contributed by atoms with E-state index in [1.165, 1.54) is 26.0 Å². The fourth-order valence-electron chi connectivity index (χ4n) is 14.0. The van der Waals surface area contributed by atoms with Gasteiger partial charge in [0.2, 0.25) is 12.0 Å². The smallest absolute Gasteiger partial charge is 0.344 e. The van der Waals surface area contributed by atoms with Gasteiger partial charge in [-0.2, -0.15) is 9.12 Å². The Morgan fingerprint density at radius 1 is 1.03 bits per heavy atom. The Labute approximate surface area is 365 Å². The van der Waals surface area contributed by atoms with Crippen molar-refractivity contribution in [1.82, 2.24) is 19.7 Å². The molecule has 16 heteroatoms. The number of amides is 1. The maximum atomic E-state index is 15.5. The van der Waals surface area contributed by atoms with Gasteiger partial charge in [0, 0.05) is 85.3 Å². The van der Waals surface area contributed by atoms with Crippen molar-refractivity contribution < 1.29 is 48.3 Å². The van der Waals surface area contributed by atoms with E-state index < -0.39 is 75.6 Å². The number of hydrogen-bond donors (Lipinski definition) is 3. The van der Waals surface area contributed by atoms with E-state index >= 15 is 4.79 Å². The first-order valence-corrected chi connectivity index (χ1v) is 22.7. The highest BCUT2D eigenvalue weighted by molar-refractivity contribution is 7.58. The molecule has 2 aliphatic carbocycles. The molecule has 14 nitrogen and oxygen atoms in total. The number of hydrogen-bond acceptors (Lipinski definition) is 12. The molecule has 13 atom stereocenters. The van der Waals surface area contributed by atoms with Crippen LogP contribution in [0.15, 0.2) is 53.8 Å². The van der Waals surface area contributed by atoms with Gasteiger partial charge in [-0.1, -0.05) is 49.7 Å². The van der Waals surface area contributed by atoms with Crippen LogP contribution in [0.1, 0.15) is 64.1 Å². The second-order valence-corrected chi connectivity index (χ2v) is 19.2. The number of methoxy groups -OCH3 is 3. The second kappa shape index (κ2) is 15.4. The highest BCUT2D eigenvalue weighted by Gasteiger charge is 2.82. The fraction of sp³-hybridized carbons (Fsp3) is 0.609. The number of carbonyl (C=O) groups excluding carboxylic acids is 4. The summed E-state index contributed by atoms with van der Waals surface area (Å²) in [5.74, 6) is -3.03. The van der Waals surface area contributed by atoms with E-state index in [0.717, 1.165) is 27.6 Å². The van der Waals surface area contributed by atoms with E-state index in [1.807, 2.05) is 51.2 Å². The molecule has 9 rings (SSSR count). The summed E-state index contributed by atoms with van der Waals surface area (Å²) in [5.41, 5.74) is -2.32. The number of esters is 3. The lowest BCUT2D eigenvalue weighted by atomic mass is 9.47. The van der Waals surface area contributed by atoms with Crippen molar-refractivity contribution in [2.75, 3.05) is 54.1 Å². The first-order valence-electron chi connectivity index (χ1n) is 22.0. The molecule has 1 radical (unpaired) electrons. The van der Waals surface area contributed by atoms with Crippen molar-refractivity contribution >= 4 is 56.8 Å². The summed E-state index contributed by atoms with van der Waals surface area (Å²) >= 11 is 0. The van der Waals surface area contributed by atoms with Gasteiger partial charge in [0.25, 0.3) is 0 Å². The number of allylic oxidation sites excluding steroid dienone is 1. The predicted octanol–water partition coefficient (Wildman–Crippen LogP) is 2.28. The van der Waals surface area contributed by atoms with E-state index in [9.17, 15) is 24.6 Å². The molecule has 1 aromatic carbocycles. The molecular weight excluding hydrogens is 810 g/mol. The van der Waals surface area contributed by atoms with Gasteiger partial charge in [-0.15, -0.1) is 0 Å². The number of nitrogens with one attached hydrogen (secondary N) is 1. The van der Waals surface area contributed by atoms with Crippen LogP contribution in [0.25, 0.3) is 10.9 Å². The van der Waals surface area contributed by atoms with Gasteiger partial charge in [-0.25, -0.2) is 4.79 Å². The Morgan fingerprint density at radius 3 is 2.47 bits per heavy atom. The molecule has 4 unspecified atom stereocenters. The highest BCUT2D eigenvalue weighted by atomic mass is 31.0. The zero-order valence-electron chi connectivity index (χ0n) is 36.5. The van der Waals surface area contributed by atoms with Crippen LogP contribution in [0.2, 0.25) is 0 Å². The highest BCUT2D eigenvalue weighted by Crippen LogP contribution is 2.70. The number of benzene rings is 1. The first kappa shape index (κ1) is 43.4. The number of aromatic nitrogens is 1. The third-order valence-electron chi connectivity index (χ3n) is 16.2. The van der Waals surface area contributed by atoms with Crippen LogP contribution in [0.5, 0.6) is 0 Å². The maximum absolute atomic E-state index is 15.5. The lowest BCUT2D eigenvalue weighted by Gasteiger charge is -2.63. The number of rotatable bonds is 9. The lowest BCUT2D eigenvalue weighted by molar-refractivity contribution is -0.242. The molecule has 7 aliphatic rings. The number of carbonyl (C=O) groups is 4. The van der Waals surface area contributed by atoms with Crippen LogP contribution in [-0.2, 0) is 50.0 Å². The summed E-state index contributed by atoms with van der Waals surface area (Å²) in [6.45, 7) is 10.2. The molecule has 1 amide bonds. The number of fused-ring (bicyclic) bond motifs is 6. The molecule has 62 heavy (non-hydrogen) atoms. The van der Waals surface area contributed by atoms with Crippen molar-refractivity contribution in [2.45, 2.75) is 100 Å². The minimum Gasteiger partial charge on any atom is -0.468 e. The Balaban J connectivity index is 1.35. The molecule has 2 bridgehead atoms. The average molecular weight is 870 g/mol. The van der Waals surface area contributed by atoms with Gasteiger partial charge in [0.1, 0.15) is 5.41 Å². The number of piperidine rings is 1. The Morgan fingerprint density at radius 2 is 1.81 bits per heavy atom. The van der Waals surface area contributed by atoms with E-state index in [-0.39, 0.29) is 5.92 Å². The lowest BCUT2D eigenvalue weighted by Crippen LogP contribution is -2.80. The number of nitrogens with zero attached hydrogens (tertiary/aromatic N) is 3. The molecule has 4 fully saturated rings. The summed E-state index contributed by atoms with van der Waals surface area (Å²) in [6, 6.07) is 4.50. The van der Waals surface area contributed by atoms with Gasteiger partial charge in [-0.05, 0) is 74.3 Å². The molecule has 6 heterocycles. The molecule has 3 saturated heterocycles. The third kappa shape index (κ3) is 5.76. The Hall–Kier alpha value is -3.85. The predicted molar refractivity (Wildman–Crippen MR) is 234 cm³/mol. The summed E-state index contributed by atoms with van der Waals surface area (Å²) in [6.07, 6.45) is 9.12. The fourth-order valence-corrected chi connectivity index (χ4v) is 14.2. The molecule has 1 saturated carbocycles. The number of aromatic amines is 1. The largest absolute Gasteiger partial charge is 0.468 e. The van der Waals surface area contributed by atoms with Crippen LogP contribution < -0.4 is 5.46 Å². The summed E-state index contributed by atoms with van der Waals surface area (Å²) < 4.78 is 24.0. The maximum Gasteiger partial charge on any atom is 0.344 e. The van der Waals surface area contributed by atoms with Crippen LogP contribution in [-0.4, -0.2) is 151 Å². The number of ether oxygens (including phenoxy) is 4. The Kier molecular flexibility index (Phi) is 10.8. The average Bonchev–Trinajstić information content (AvgIpc) is 3.95. The molecular formula is C46H59BN4O10P. The Bertz CT molecular complexity index is 2300. The molecule has 5 aliphatic heterocycles. The van der Waals surface area contributed by atoms with Gasteiger partial charge in [0.05, 0.1) is 32.0 Å². The van der Waals surface area contributed by atoms with Crippen LogP contribution in [0.4, 0.5) is 0 Å². The van der Waals surface area contributed by atoms with Crippen molar-refractivity contribution in [3.63, 3.8) is 0 Å². The van der Waals surface area contributed by atoms with Crippen molar-refractivity contribution in [2.24, 2.45) is 22.7 Å². The van der Waals surface area contributed by atoms with E-state index in [2.05, 4.69) is 36.0 Å². The normalized spacial score (nSPS) is 39.4. The quantitative estimate of drug-likeness (QED) is 0.0841. The minimum absolute atomic E-state index is 0.134. The van der Waals surface area contributed by atoms with Gasteiger partial charge in [0.15, 0.2) is 13.1 Å². The molecule has 1 aromatic heterocycles. The van der Waals surface area contributed by atoms with E-state index in [4.69, 9.17) is 18.9 Å². The number of H-pyrrole nitrogens is 1. The molecule has 3 N–H and O–H groups in total. The van der Waals surface area contributed by atoms with Crippen LogP contribution in [0.3, 0.4) is 0 Å². The monoisotopic (exact) mass is 869 g/mol. The topological polar surface area (TPSA) is 171 Å². The SMILES string of the molecule is CC[C@]1(O)C[C@@H]2CN(CCc3c([nH]c4ccc([B]P)cc34)[C@@](C(=O)OC)(C3C=C4C(=CC3OC)N(C=O)[C@H]3[C@@](O)(C(=O)OC)[C@H](OC(C)=O)[C@]5(CC)C=CCN6CC[C@]43[C@@H]65)C2)C1. The molecule has 1 spiro atoms. The third-order valence-corrected chi connectivity index (χ3v) is 16.6. The van der Waals surface area contributed by atoms with E-state index in [1.54, 1.807) is 7.11 Å².